The lowest BCUT2D eigenvalue weighted by Crippen LogP contribution is -2.58. The van der Waals surface area contributed by atoms with Crippen molar-refractivity contribution in [1.29, 1.82) is 0 Å². The summed E-state index contributed by atoms with van der Waals surface area (Å²) in [6.07, 6.45) is 1.20. The molecule has 1 aliphatic heterocycles. The summed E-state index contributed by atoms with van der Waals surface area (Å²) in [4.78, 5) is 52.8. The first kappa shape index (κ1) is 19.0. The number of carboxylic acids is 1. The first-order valence-corrected chi connectivity index (χ1v) is 8.43. The molecule has 0 saturated carbocycles. The molecule has 0 aliphatic carbocycles. The van der Waals surface area contributed by atoms with Gasteiger partial charge in [-0.1, -0.05) is 42.5 Å². The molecule has 0 bridgehead atoms. The normalized spacial score (nSPS) is 17.1. The topological polar surface area (TPSA) is 119 Å². The number of anilines is 1. The highest BCUT2D eigenvalue weighted by Crippen LogP contribution is 2.23. The minimum Gasteiger partial charge on any atom is -0.545 e. The van der Waals surface area contributed by atoms with Gasteiger partial charge in [-0.25, -0.2) is 9.69 Å². The van der Waals surface area contributed by atoms with Crippen LogP contribution in [-0.2, 0) is 16.1 Å². The lowest BCUT2D eigenvalue weighted by molar-refractivity contribution is -0.255. The van der Waals surface area contributed by atoms with Gasteiger partial charge in [0.15, 0.2) is 5.92 Å². The number of aryl methyl sites for hydroxylation is 1. The maximum Gasteiger partial charge on any atom is 0.335 e. The van der Waals surface area contributed by atoms with Crippen LogP contribution in [0.25, 0.3) is 0 Å². The van der Waals surface area contributed by atoms with Gasteiger partial charge in [-0.3, -0.25) is 19.9 Å². The highest BCUT2D eigenvalue weighted by atomic mass is 16.4. The average molecular weight is 378 g/mol. The number of rotatable bonds is 5. The molecular weight excluding hydrogens is 362 g/mol. The van der Waals surface area contributed by atoms with Crippen molar-refractivity contribution in [3.8, 4) is 0 Å². The van der Waals surface area contributed by atoms with Gasteiger partial charge < -0.3 is 9.90 Å². The number of amides is 4. The van der Waals surface area contributed by atoms with Crippen LogP contribution in [0.4, 0.5) is 10.5 Å². The number of carbonyl (C=O) groups excluding carboxylic acids is 4. The van der Waals surface area contributed by atoms with E-state index in [1.165, 1.54) is 18.3 Å². The number of aromatic carboxylic acids is 1. The monoisotopic (exact) mass is 378 g/mol. The highest BCUT2D eigenvalue weighted by Gasteiger charge is 2.40. The molecule has 4 amide bonds. The maximum absolute atomic E-state index is 12.7. The number of nitrogens with one attached hydrogen (secondary N) is 1. The second-order valence-corrected chi connectivity index (χ2v) is 6.21. The van der Waals surface area contributed by atoms with E-state index in [0.717, 1.165) is 4.90 Å². The van der Waals surface area contributed by atoms with E-state index in [1.54, 1.807) is 43.3 Å². The van der Waals surface area contributed by atoms with E-state index < -0.39 is 29.7 Å². The van der Waals surface area contributed by atoms with Crippen molar-refractivity contribution in [2.45, 2.75) is 13.5 Å². The quantitative estimate of drug-likeness (QED) is 0.610. The largest absolute Gasteiger partial charge is 0.545 e. The van der Waals surface area contributed by atoms with E-state index in [9.17, 15) is 24.3 Å². The fourth-order valence-electron chi connectivity index (χ4n) is 2.77. The Morgan fingerprint density at radius 1 is 1.14 bits per heavy atom. The number of aliphatic imine (C=N–C) groups is 1. The third kappa shape index (κ3) is 3.80. The molecular formula is C20H16N3O5-. The van der Waals surface area contributed by atoms with E-state index in [2.05, 4.69) is 10.3 Å². The van der Waals surface area contributed by atoms with Gasteiger partial charge in [0.2, 0.25) is 5.91 Å². The minimum absolute atomic E-state index is 0.0435. The van der Waals surface area contributed by atoms with Crippen LogP contribution in [0, 0.1) is 12.8 Å². The molecule has 1 atom stereocenters. The predicted octanol–water partition coefficient (Wildman–Crippen LogP) is 0.829. The van der Waals surface area contributed by atoms with Gasteiger partial charge in [0.05, 0.1) is 18.2 Å². The molecule has 8 heteroatoms. The molecule has 1 heterocycles. The van der Waals surface area contributed by atoms with E-state index in [-0.39, 0.29) is 12.1 Å². The summed E-state index contributed by atoms with van der Waals surface area (Å²) < 4.78 is 0. The molecule has 3 rings (SSSR count). The SMILES string of the molecule is Cc1ccccc1N1C(=O)NC(=O)[C@@H](C=NCc2ccc(C(=O)[O-])cc2)C1=O. The van der Waals surface area contributed by atoms with Crippen LogP contribution in [0.2, 0.25) is 0 Å². The Hall–Kier alpha value is -3.81. The Bertz CT molecular complexity index is 982. The maximum atomic E-state index is 12.7. The van der Waals surface area contributed by atoms with Gasteiger partial charge in [-0.05, 0) is 29.7 Å². The van der Waals surface area contributed by atoms with Gasteiger partial charge in [-0.2, -0.15) is 0 Å². The molecule has 0 unspecified atom stereocenters. The summed E-state index contributed by atoms with van der Waals surface area (Å²) in [5, 5.41) is 12.9. The van der Waals surface area contributed by atoms with Crippen molar-refractivity contribution in [2.75, 3.05) is 4.90 Å². The fourth-order valence-corrected chi connectivity index (χ4v) is 2.77. The third-order valence-electron chi connectivity index (χ3n) is 4.28. The van der Waals surface area contributed by atoms with Crippen LogP contribution in [-0.4, -0.2) is 30.0 Å². The van der Waals surface area contributed by atoms with Crippen LogP contribution >= 0.6 is 0 Å². The number of hydrogen-bond acceptors (Lipinski definition) is 6. The molecule has 2 aromatic carbocycles. The van der Waals surface area contributed by atoms with E-state index in [4.69, 9.17) is 0 Å². The molecule has 0 radical (unpaired) electrons. The molecule has 1 fully saturated rings. The lowest BCUT2D eigenvalue weighted by Gasteiger charge is -2.29. The van der Waals surface area contributed by atoms with E-state index >= 15 is 0 Å². The van der Waals surface area contributed by atoms with Gasteiger partial charge in [0.25, 0.3) is 5.91 Å². The number of urea groups is 1. The molecule has 142 valence electrons. The number of imide groups is 2. The van der Waals surface area contributed by atoms with Crippen molar-refractivity contribution in [2.24, 2.45) is 10.9 Å². The summed E-state index contributed by atoms with van der Waals surface area (Å²) in [6.45, 7) is 1.90. The van der Waals surface area contributed by atoms with Crippen LogP contribution in [0.3, 0.4) is 0 Å². The zero-order valence-electron chi connectivity index (χ0n) is 14.9. The summed E-state index contributed by atoms with van der Waals surface area (Å²) in [7, 11) is 0. The zero-order valence-corrected chi connectivity index (χ0v) is 14.9. The molecule has 28 heavy (non-hydrogen) atoms. The molecule has 0 aromatic heterocycles. The Balaban J connectivity index is 1.77. The second kappa shape index (κ2) is 7.83. The number of nitrogens with zero attached hydrogens (tertiary/aromatic N) is 2. The number of para-hydroxylation sites is 1. The highest BCUT2D eigenvalue weighted by molar-refractivity contribution is 6.32. The van der Waals surface area contributed by atoms with Gasteiger partial charge in [0, 0.05) is 6.21 Å². The molecule has 0 spiro atoms. The van der Waals surface area contributed by atoms with Crippen LogP contribution in [0.5, 0.6) is 0 Å². The Morgan fingerprint density at radius 3 is 2.46 bits per heavy atom. The Morgan fingerprint density at radius 2 is 1.82 bits per heavy atom. The number of benzene rings is 2. The predicted molar refractivity (Wildman–Crippen MR) is 98.7 cm³/mol. The summed E-state index contributed by atoms with van der Waals surface area (Å²) in [5.74, 6) is -3.93. The standard InChI is InChI=1S/C20H17N3O5/c1-12-4-2-3-5-16(12)23-18(25)15(17(24)22-20(23)28)11-21-10-13-6-8-14(9-7-13)19(26)27/h2-9,11,15H,10H2,1H3,(H,26,27)(H,22,24,28)/p-1/t15-/m1/s1. The van der Waals surface area contributed by atoms with Crippen molar-refractivity contribution >= 4 is 35.7 Å². The van der Waals surface area contributed by atoms with Crippen molar-refractivity contribution in [3.05, 3.63) is 65.2 Å². The van der Waals surface area contributed by atoms with Crippen LogP contribution in [0.15, 0.2) is 53.5 Å². The Kier molecular flexibility index (Phi) is 5.30. The summed E-state index contributed by atoms with van der Waals surface area (Å²) in [6, 6.07) is 11.9. The first-order valence-electron chi connectivity index (χ1n) is 8.43. The number of carboxylic acid groups (broad SMARTS) is 1. The lowest BCUT2D eigenvalue weighted by atomic mass is 10.0. The first-order chi connectivity index (χ1) is 13.4. The molecule has 1 saturated heterocycles. The fraction of sp³-hybridized carbons (Fsp3) is 0.150. The summed E-state index contributed by atoms with van der Waals surface area (Å²) in [5.41, 5.74) is 1.84. The average Bonchev–Trinajstić information content (AvgIpc) is 2.66. The molecule has 1 N–H and O–H groups in total. The second-order valence-electron chi connectivity index (χ2n) is 6.21. The van der Waals surface area contributed by atoms with Crippen molar-refractivity contribution in [1.82, 2.24) is 5.32 Å². The van der Waals surface area contributed by atoms with E-state index in [1.807, 2.05) is 0 Å². The molecule has 2 aromatic rings. The van der Waals surface area contributed by atoms with E-state index in [0.29, 0.717) is 16.8 Å². The number of hydrogen-bond donors (Lipinski definition) is 1. The van der Waals surface area contributed by atoms with Gasteiger partial charge >= 0.3 is 6.03 Å². The number of barbiturate groups is 1. The molecule has 1 aliphatic rings. The van der Waals surface area contributed by atoms with Gasteiger partial charge in [0.1, 0.15) is 0 Å². The number of carbonyl (C=O) groups is 4. The zero-order chi connectivity index (χ0) is 20.3. The van der Waals surface area contributed by atoms with Crippen molar-refractivity contribution < 1.29 is 24.3 Å². The van der Waals surface area contributed by atoms with Crippen molar-refractivity contribution in [3.63, 3.8) is 0 Å². The van der Waals surface area contributed by atoms with Crippen LogP contribution < -0.4 is 15.3 Å². The molecule has 8 nitrogen and oxygen atoms in total. The van der Waals surface area contributed by atoms with Gasteiger partial charge in [-0.15, -0.1) is 0 Å². The third-order valence-corrected chi connectivity index (χ3v) is 4.28. The minimum atomic E-state index is -1.28. The summed E-state index contributed by atoms with van der Waals surface area (Å²) >= 11 is 0. The smallest absolute Gasteiger partial charge is 0.335 e. The Labute approximate surface area is 160 Å². The van der Waals surface area contributed by atoms with Crippen LogP contribution in [0.1, 0.15) is 21.5 Å².